The highest BCUT2D eigenvalue weighted by Gasteiger charge is 2.18. The predicted molar refractivity (Wildman–Crippen MR) is 103 cm³/mol. The Balaban J connectivity index is 2.65. The molecule has 0 saturated heterocycles. The van der Waals surface area contributed by atoms with Gasteiger partial charge in [0.2, 0.25) is 0 Å². The Morgan fingerprint density at radius 1 is 1.26 bits per heavy atom. The molecule has 2 N–H and O–H groups in total. The van der Waals surface area contributed by atoms with Crippen molar-refractivity contribution in [2.45, 2.75) is 20.8 Å². The fraction of sp³-hybridized carbons (Fsp3) is 0.500. The maximum atomic E-state index is 12.1. The van der Waals surface area contributed by atoms with E-state index < -0.39 is 17.9 Å². The van der Waals surface area contributed by atoms with Gasteiger partial charge in [0, 0.05) is 32.4 Å². The zero-order valence-electron chi connectivity index (χ0n) is 16.0. The standard InChI is InChI=1S/C18H26ClN3O5/c1-5-22(6-2)16(23)11-27-15-8-7-13(9-14(15)19)20-18(26)21(4)10-12(3)17(24)25/h7-9,12H,5-6,10-11H2,1-4H3,(H,20,26)(H,24,25). The molecule has 9 heteroatoms. The van der Waals surface area contributed by atoms with E-state index in [0.29, 0.717) is 24.5 Å². The number of carboxylic acid groups (broad SMARTS) is 1. The summed E-state index contributed by atoms with van der Waals surface area (Å²) in [6, 6.07) is 4.21. The first-order valence-electron chi connectivity index (χ1n) is 8.64. The van der Waals surface area contributed by atoms with Gasteiger partial charge in [-0.15, -0.1) is 0 Å². The SMILES string of the molecule is CCN(CC)C(=O)COc1ccc(NC(=O)N(C)CC(C)C(=O)O)cc1Cl. The zero-order valence-corrected chi connectivity index (χ0v) is 16.7. The maximum absolute atomic E-state index is 12.1. The van der Waals surface area contributed by atoms with Crippen molar-refractivity contribution >= 4 is 35.2 Å². The molecule has 0 saturated carbocycles. The van der Waals surface area contributed by atoms with Gasteiger partial charge < -0.3 is 25.0 Å². The number of hydrogen-bond donors (Lipinski definition) is 2. The number of carbonyl (C=O) groups excluding carboxylic acids is 2. The number of ether oxygens (including phenoxy) is 1. The van der Waals surface area contributed by atoms with Gasteiger partial charge in [-0.05, 0) is 32.0 Å². The van der Waals surface area contributed by atoms with Crippen molar-refractivity contribution in [3.63, 3.8) is 0 Å². The van der Waals surface area contributed by atoms with Crippen LogP contribution in [0.3, 0.4) is 0 Å². The Morgan fingerprint density at radius 3 is 2.41 bits per heavy atom. The molecule has 1 aromatic rings. The molecule has 0 aliphatic rings. The van der Waals surface area contributed by atoms with Crippen molar-refractivity contribution in [3.8, 4) is 5.75 Å². The van der Waals surface area contributed by atoms with Crippen LogP contribution in [0.5, 0.6) is 5.75 Å². The number of benzene rings is 1. The number of carboxylic acids is 1. The van der Waals surface area contributed by atoms with Crippen LogP contribution >= 0.6 is 11.6 Å². The molecule has 0 heterocycles. The molecule has 150 valence electrons. The van der Waals surface area contributed by atoms with Crippen LogP contribution in [0.2, 0.25) is 5.02 Å². The molecule has 1 rings (SSSR count). The van der Waals surface area contributed by atoms with E-state index in [1.165, 1.54) is 24.9 Å². The third kappa shape index (κ3) is 6.97. The number of urea groups is 1. The van der Waals surface area contributed by atoms with Gasteiger partial charge in [0.15, 0.2) is 6.61 Å². The van der Waals surface area contributed by atoms with Crippen molar-refractivity contribution in [1.82, 2.24) is 9.80 Å². The third-order valence-corrected chi connectivity index (χ3v) is 4.26. The van der Waals surface area contributed by atoms with Gasteiger partial charge >= 0.3 is 12.0 Å². The van der Waals surface area contributed by atoms with E-state index in [1.54, 1.807) is 17.0 Å². The van der Waals surface area contributed by atoms with Gasteiger partial charge in [-0.2, -0.15) is 0 Å². The highest BCUT2D eigenvalue weighted by molar-refractivity contribution is 6.32. The van der Waals surface area contributed by atoms with Crippen LogP contribution < -0.4 is 10.1 Å². The molecule has 1 aromatic carbocycles. The Labute approximate surface area is 164 Å². The summed E-state index contributed by atoms with van der Waals surface area (Å²) in [5.41, 5.74) is 0.433. The van der Waals surface area contributed by atoms with Crippen LogP contribution in [0.25, 0.3) is 0 Å². The molecule has 1 atom stereocenters. The van der Waals surface area contributed by atoms with E-state index in [4.69, 9.17) is 21.4 Å². The molecular formula is C18H26ClN3O5. The summed E-state index contributed by atoms with van der Waals surface area (Å²) in [5.74, 6) is -1.45. The molecule has 0 fully saturated rings. The lowest BCUT2D eigenvalue weighted by atomic mass is 10.2. The monoisotopic (exact) mass is 399 g/mol. The van der Waals surface area contributed by atoms with Crippen LogP contribution in [0.1, 0.15) is 20.8 Å². The quantitative estimate of drug-likeness (QED) is 0.665. The van der Waals surface area contributed by atoms with E-state index in [-0.39, 0.29) is 24.1 Å². The highest BCUT2D eigenvalue weighted by Crippen LogP contribution is 2.28. The van der Waals surface area contributed by atoms with Crippen molar-refractivity contribution in [2.75, 3.05) is 38.6 Å². The Morgan fingerprint density at radius 2 is 1.89 bits per heavy atom. The minimum Gasteiger partial charge on any atom is -0.482 e. The van der Waals surface area contributed by atoms with Gasteiger partial charge in [-0.25, -0.2) is 4.79 Å². The molecule has 0 radical (unpaired) electrons. The second-order valence-corrected chi connectivity index (χ2v) is 6.46. The van der Waals surface area contributed by atoms with Gasteiger partial charge in [0.05, 0.1) is 10.9 Å². The van der Waals surface area contributed by atoms with Crippen molar-refractivity contribution in [3.05, 3.63) is 23.2 Å². The van der Waals surface area contributed by atoms with Gasteiger partial charge in [0.1, 0.15) is 5.75 Å². The second-order valence-electron chi connectivity index (χ2n) is 6.05. The maximum Gasteiger partial charge on any atom is 0.321 e. The van der Waals surface area contributed by atoms with Crippen LogP contribution in [0.15, 0.2) is 18.2 Å². The summed E-state index contributed by atoms with van der Waals surface area (Å²) in [5, 5.41) is 11.8. The fourth-order valence-electron chi connectivity index (χ4n) is 2.29. The first kappa shape index (κ1) is 22.6. The molecule has 0 spiro atoms. The van der Waals surface area contributed by atoms with Crippen molar-refractivity contribution in [2.24, 2.45) is 5.92 Å². The molecule has 0 aliphatic heterocycles. The molecule has 27 heavy (non-hydrogen) atoms. The minimum atomic E-state index is -0.974. The van der Waals surface area contributed by atoms with Gasteiger partial charge in [-0.3, -0.25) is 9.59 Å². The number of amides is 3. The van der Waals surface area contributed by atoms with Gasteiger partial charge in [0.25, 0.3) is 5.91 Å². The lowest BCUT2D eigenvalue weighted by Gasteiger charge is -2.20. The topological polar surface area (TPSA) is 99.2 Å². The largest absolute Gasteiger partial charge is 0.482 e. The number of carbonyl (C=O) groups is 3. The number of likely N-dealkylation sites (N-methyl/N-ethyl adjacent to an activating group) is 1. The van der Waals surface area contributed by atoms with E-state index >= 15 is 0 Å². The summed E-state index contributed by atoms with van der Waals surface area (Å²) >= 11 is 6.16. The van der Waals surface area contributed by atoms with Crippen molar-refractivity contribution < 1.29 is 24.2 Å². The molecule has 0 aromatic heterocycles. The summed E-state index contributed by atoms with van der Waals surface area (Å²) in [6.07, 6.45) is 0. The molecule has 3 amide bonds. The first-order valence-corrected chi connectivity index (χ1v) is 9.02. The van der Waals surface area contributed by atoms with Crippen LogP contribution in [0.4, 0.5) is 10.5 Å². The number of nitrogens with zero attached hydrogens (tertiary/aromatic N) is 2. The Hall–Kier alpha value is -2.48. The number of halogens is 1. The zero-order chi connectivity index (χ0) is 20.6. The van der Waals surface area contributed by atoms with Crippen LogP contribution in [-0.2, 0) is 9.59 Å². The average Bonchev–Trinajstić information content (AvgIpc) is 2.61. The second kappa shape index (κ2) is 10.6. The summed E-state index contributed by atoms with van der Waals surface area (Å²) in [7, 11) is 1.51. The summed E-state index contributed by atoms with van der Waals surface area (Å²) < 4.78 is 5.46. The van der Waals surface area contributed by atoms with Crippen molar-refractivity contribution in [1.29, 1.82) is 0 Å². The normalized spacial score (nSPS) is 11.4. The van der Waals surface area contributed by atoms with Gasteiger partial charge in [-0.1, -0.05) is 18.5 Å². The summed E-state index contributed by atoms with van der Waals surface area (Å²) in [4.78, 5) is 37.9. The van der Waals surface area contributed by atoms with Crippen LogP contribution in [0, 0.1) is 5.92 Å². The number of hydrogen-bond acceptors (Lipinski definition) is 4. The Kier molecular flexibility index (Phi) is 8.87. The average molecular weight is 400 g/mol. The van der Waals surface area contributed by atoms with E-state index in [0.717, 1.165) is 0 Å². The van der Waals surface area contributed by atoms with E-state index in [1.807, 2.05) is 13.8 Å². The molecular weight excluding hydrogens is 374 g/mol. The van der Waals surface area contributed by atoms with Crippen LogP contribution in [-0.4, -0.2) is 66.1 Å². The summed E-state index contributed by atoms with van der Waals surface area (Å²) in [6.45, 7) is 6.46. The molecule has 1 unspecified atom stereocenters. The number of anilines is 1. The highest BCUT2D eigenvalue weighted by atomic mass is 35.5. The minimum absolute atomic E-state index is 0.0730. The Bertz CT molecular complexity index is 679. The number of rotatable bonds is 9. The predicted octanol–water partition coefficient (Wildman–Crippen LogP) is 2.77. The number of nitrogens with one attached hydrogen (secondary N) is 1. The first-order chi connectivity index (χ1) is 12.7. The molecule has 8 nitrogen and oxygen atoms in total. The lowest BCUT2D eigenvalue weighted by molar-refractivity contribution is -0.141. The lowest BCUT2D eigenvalue weighted by Crippen LogP contribution is -2.36. The third-order valence-electron chi connectivity index (χ3n) is 3.97. The number of aliphatic carboxylic acids is 1. The fourth-order valence-corrected chi connectivity index (χ4v) is 2.53. The molecule has 0 bridgehead atoms. The van der Waals surface area contributed by atoms with E-state index in [9.17, 15) is 14.4 Å². The smallest absolute Gasteiger partial charge is 0.321 e. The molecule has 0 aliphatic carbocycles. The van der Waals surface area contributed by atoms with E-state index in [2.05, 4.69) is 5.32 Å².